The average Bonchev–Trinajstić information content (AvgIpc) is 3.15. The van der Waals surface area contributed by atoms with Gasteiger partial charge in [0.15, 0.2) is 0 Å². The summed E-state index contributed by atoms with van der Waals surface area (Å²) in [6.45, 7) is 0.515. The third kappa shape index (κ3) is 4.13. The van der Waals surface area contributed by atoms with Crippen molar-refractivity contribution in [3.05, 3.63) is 29.8 Å². The summed E-state index contributed by atoms with van der Waals surface area (Å²) in [6, 6.07) is 6.23. The maximum Gasteiger partial charge on any atom is 0.328 e. The van der Waals surface area contributed by atoms with Crippen LogP contribution in [0, 0.1) is 0 Å². The number of hydrogen-bond acceptors (Lipinski definition) is 5. The Kier molecular flexibility index (Phi) is 5.79. The molecule has 1 saturated heterocycles. The number of ether oxygens (including phenoxy) is 1. The number of benzene rings is 1. The van der Waals surface area contributed by atoms with Gasteiger partial charge in [0.2, 0.25) is 5.91 Å². The minimum Gasteiger partial charge on any atom is -0.467 e. The van der Waals surface area contributed by atoms with E-state index >= 15 is 0 Å². The molecule has 0 aromatic heterocycles. The van der Waals surface area contributed by atoms with Gasteiger partial charge in [0.25, 0.3) is 5.91 Å². The molecule has 0 spiro atoms. The van der Waals surface area contributed by atoms with Gasteiger partial charge in [0.1, 0.15) is 6.04 Å². The molecule has 27 heavy (non-hydrogen) atoms. The molecule has 2 aliphatic rings. The van der Waals surface area contributed by atoms with E-state index in [9.17, 15) is 14.4 Å². The quantitative estimate of drug-likeness (QED) is 0.787. The topological polar surface area (TPSA) is 102 Å². The van der Waals surface area contributed by atoms with Crippen molar-refractivity contribution in [2.75, 3.05) is 19.0 Å². The van der Waals surface area contributed by atoms with Crippen molar-refractivity contribution in [2.24, 2.45) is 5.73 Å². The van der Waals surface area contributed by atoms with Gasteiger partial charge in [-0.1, -0.05) is 18.9 Å². The Labute approximate surface area is 159 Å². The first-order valence-corrected chi connectivity index (χ1v) is 9.54. The van der Waals surface area contributed by atoms with Gasteiger partial charge in [0, 0.05) is 17.8 Å². The lowest BCUT2D eigenvalue weighted by Gasteiger charge is -2.33. The fourth-order valence-electron chi connectivity index (χ4n) is 3.94. The van der Waals surface area contributed by atoms with Crippen molar-refractivity contribution < 1.29 is 19.1 Å². The van der Waals surface area contributed by atoms with E-state index in [1.807, 2.05) is 0 Å². The standard InChI is InChI=1S/C20H27N3O4/c1-27-18(25)16-9-2-5-12-23(16)17(24)14-7-6-8-15(13-14)22-19(26)20(21)10-3-4-11-20/h6-8,13,16H,2-5,9-12,21H2,1H3,(H,22,26). The molecule has 7 nitrogen and oxygen atoms in total. The average molecular weight is 373 g/mol. The lowest BCUT2D eigenvalue weighted by Crippen LogP contribution is -2.49. The molecule has 1 saturated carbocycles. The molecule has 1 atom stereocenters. The number of anilines is 1. The predicted octanol–water partition coefficient (Wildman–Crippen LogP) is 2.06. The molecule has 146 valence electrons. The summed E-state index contributed by atoms with van der Waals surface area (Å²) in [5.41, 5.74) is 6.33. The molecule has 2 fully saturated rings. The molecule has 1 aromatic rings. The van der Waals surface area contributed by atoms with Crippen LogP contribution >= 0.6 is 0 Å². The van der Waals surface area contributed by atoms with E-state index in [-0.39, 0.29) is 17.8 Å². The minimum absolute atomic E-state index is 0.213. The number of amides is 2. The molecule has 1 aromatic carbocycles. The van der Waals surface area contributed by atoms with E-state index < -0.39 is 11.6 Å². The zero-order valence-corrected chi connectivity index (χ0v) is 15.7. The normalized spacial score (nSPS) is 21.6. The zero-order valence-electron chi connectivity index (χ0n) is 15.7. The molecule has 3 rings (SSSR count). The van der Waals surface area contributed by atoms with Crippen molar-refractivity contribution in [3.8, 4) is 0 Å². The molecule has 1 aliphatic carbocycles. The first-order chi connectivity index (χ1) is 12.9. The van der Waals surface area contributed by atoms with Crippen molar-refractivity contribution in [1.29, 1.82) is 0 Å². The number of carbonyl (C=O) groups is 3. The number of nitrogens with one attached hydrogen (secondary N) is 1. The second kappa shape index (κ2) is 8.08. The first-order valence-electron chi connectivity index (χ1n) is 9.54. The van der Waals surface area contributed by atoms with Gasteiger partial charge < -0.3 is 20.7 Å². The van der Waals surface area contributed by atoms with Crippen LogP contribution in [0.25, 0.3) is 0 Å². The molecule has 1 unspecified atom stereocenters. The molecular weight excluding hydrogens is 346 g/mol. The highest BCUT2D eigenvalue weighted by molar-refractivity contribution is 6.01. The van der Waals surface area contributed by atoms with Gasteiger partial charge in [-0.3, -0.25) is 9.59 Å². The number of esters is 1. The second-order valence-corrected chi connectivity index (χ2v) is 7.43. The Morgan fingerprint density at radius 2 is 1.93 bits per heavy atom. The highest BCUT2D eigenvalue weighted by Gasteiger charge is 2.37. The second-order valence-electron chi connectivity index (χ2n) is 7.43. The largest absolute Gasteiger partial charge is 0.467 e. The Morgan fingerprint density at radius 1 is 1.19 bits per heavy atom. The molecule has 1 heterocycles. The summed E-state index contributed by atoms with van der Waals surface area (Å²) in [7, 11) is 1.33. The first kappa shape index (κ1) is 19.4. The smallest absolute Gasteiger partial charge is 0.328 e. The highest BCUT2D eigenvalue weighted by atomic mass is 16.5. The molecular formula is C20H27N3O4. The van der Waals surface area contributed by atoms with Crippen molar-refractivity contribution >= 4 is 23.5 Å². The van der Waals surface area contributed by atoms with Crippen LogP contribution in [0.15, 0.2) is 24.3 Å². The van der Waals surface area contributed by atoms with E-state index in [1.54, 1.807) is 29.2 Å². The van der Waals surface area contributed by atoms with Crippen LogP contribution in [0.3, 0.4) is 0 Å². The van der Waals surface area contributed by atoms with Crippen LogP contribution in [-0.2, 0) is 14.3 Å². The number of likely N-dealkylation sites (tertiary alicyclic amines) is 1. The van der Waals surface area contributed by atoms with Crippen molar-refractivity contribution in [1.82, 2.24) is 4.90 Å². The molecule has 2 amide bonds. The van der Waals surface area contributed by atoms with Gasteiger partial charge in [-0.05, 0) is 50.3 Å². The van der Waals surface area contributed by atoms with Crippen LogP contribution in [0.2, 0.25) is 0 Å². The number of hydrogen-bond donors (Lipinski definition) is 2. The van der Waals surface area contributed by atoms with E-state index in [0.29, 0.717) is 37.1 Å². The van der Waals surface area contributed by atoms with Gasteiger partial charge >= 0.3 is 5.97 Å². The van der Waals surface area contributed by atoms with Gasteiger partial charge in [-0.15, -0.1) is 0 Å². The molecule has 0 bridgehead atoms. The summed E-state index contributed by atoms with van der Waals surface area (Å²) in [6.07, 6.45) is 5.59. The Balaban J connectivity index is 1.75. The Bertz CT molecular complexity index is 728. The Morgan fingerprint density at radius 3 is 2.63 bits per heavy atom. The molecule has 1 aliphatic heterocycles. The number of carbonyl (C=O) groups excluding carboxylic acids is 3. The third-order valence-corrected chi connectivity index (χ3v) is 5.55. The number of rotatable bonds is 4. The van der Waals surface area contributed by atoms with Gasteiger partial charge in [-0.25, -0.2) is 4.79 Å². The van der Waals surface area contributed by atoms with Crippen molar-refractivity contribution in [3.63, 3.8) is 0 Å². The van der Waals surface area contributed by atoms with Crippen LogP contribution in [0.5, 0.6) is 0 Å². The highest BCUT2D eigenvalue weighted by Crippen LogP contribution is 2.29. The number of nitrogens with zero attached hydrogens (tertiary/aromatic N) is 1. The summed E-state index contributed by atoms with van der Waals surface area (Å²) in [5, 5.41) is 2.84. The predicted molar refractivity (Wildman–Crippen MR) is 101 cm³/mol. The minimum atomic E-state index is -0.830. The van der Waals surface area contributed by atoms with E-state index in [4.69, 9.17) is 10.5 Å². The third-order valence-electron chi connectivity index (χ3n) is 5.55. The number of methoxy groups -OCH3 is 1. The van der Waals surface area contributed by atoms with Crippen LogP contribution in [-0.4, -0.2) is 47.9 Å². The lowest BCUT2D eigenvalue weighted by molar-refractivity contribution is -0.147. The summed E-state index contributed by atoms with van der Waals surface area (Å²) >= 11 is 0. The maximum atomic E-state index is 13.0. The van der Waals surface area contributed by atoms with Crippen LogP contribution < -0.4 is 11.1 Å². The SMILES string of the molecule is COC(=O)C1CCCCN1C(=O)c1cccc(NC(=O)C2(N)CCCC2)c1. The van der Waals surface area contributed by atoms with E-state index in [1.165, 1.54) is 7.11 Å². The maximum absolute atomic E-state index is 13.0. The zero-order chi connectivity index (χ0) is 19.4. The molecule has 3 N–H and O–H groups in total. The van der Waals surface area contributed by atoms with Crippen molar-refractivity contribution in [2.45, 2.75) is 56.5 Å². The number of nitrogens with two attached hydrogens (primary N) is 1. The van der Waals surface area contributed by atoms with Crippen LogP contribution in [0.4, 0.5) is 5.69 Å². The lowest BCUT2D eigenvalue weighted by atomic mass is 9.98. The van der Waals surface area contributed by atoms with E-state index in [2.05, 4.69) is 5.32 Å². The monoisotopic (exact) mass is 373 g/mol. The summed E-state index contributed by atoms with van der Waals surface area (Å²) < 4.78 is 4.85. The van der Waals surface area contributed by atoms with Gasteiger partial charge in [-0.2, -0.15) is 0 Å². The van der Waals surface area contributed by atoms with Crippen LogP contribution in [0.1, 0.15) is 55.3 Å². The van der Waals surface area contributed by atoms with E-state index in [0.717, 1.165) is 25.7 Å². The summed E-state index contributed by atoms with van der Waals surface area (Å²) in [4.78, 5) is 39.1. The summed E-state index contributed by atoms with van der Waals surface area (Å²) in [5.74, 6) is -0.835. The molecule has 7 heteroatoms. The fraction of sp³-hybridized carbons (Fsp3) is 0.550. The van der Waals surface area contributed by atoms with Gasteiger partial charge in [0.05, 0.1) is 12.6 Å². The number of piperidine rings is 1. The fourth-order valence-corrected chi connectivity index (χ4v) is 3.94. The Hall–Kier alpha value is -2.41. The molecule has 0 radical (unpaired) electrons.